The molecule has 0 atom stereocenters. The van der Waals surface area contributed by atoms with Gasteiger partial charge in [0.2, 0.25) is 0 Å². The molecule has 1 rings (SSSR count). The van der Waals surface area contributed by atoms with Crippen molar-refractivity contribution in [3.63, 3.8) is 0 Å². The highest BCUT2D eigenvalue weighted by atomic mass is 35.5. The molecular formula is C6H7ClO3. The SMILES string of the molecule is O=C(Cl)OC(=O)CC1CC1. The monoisotopic (exact) mass is 162 g/mol. The van der Waals surface area contributed by atoms with E-state index in [1.54, 1.807) is 0 Å². The Hall–Kier alpha value is -0.570. The van der Waals surface area contributed by atoms with Crippen LogP contribution in [0.2, 0.25) is 0 Å². The van der Waals surface area contributed by atoms with E-state index in [1.807, 2.05) is 0 Å². The second-order valence-corrected chi connectivity index (χ2v) is 2.67. The van der Waals surface area contributed by atoms with E-state index in [9.17, 15) is 9.59 Å². The van der Waals surface area contributed by atoms with Crippen LogP contribution in [0.25, 0.3) is 0 Å². The Morgan fingerprint density at radius 1 is 1.50 bits per heavy atom. The zero-order valence-corrected chi connectivity index (χ0v) is 6.06. The van der Waals surface area contributed by atoms with Crippen molar-refractivity contribution in [2.45, 2.75) is 19.3 Å². The zero-order chi connectivity index (χ0) is 7.56. The third kappa shape index (κ3) is 2.82. The highest BCUT2D eigenvalue weighted by molar-refractivity contribution is 6.61. The summed E-state index contributed by atoms with van der Waals surface area (Å²) < 4.78 is 4.09. The highest BCUT2D eigenvalue weighted by Gasteiger charge is 2.25. The van der Waals surface area contributed by atoms with Gasteiger partial charge in [0.05, 0.1) is 0 Å². The van der Waals surface area contributed by atoms with Crippen molar-refractivity contribution in [1.82, 2.24) is 0 Å². The molecule has 0 radical (unpaired) electrons. The quantitative estimate of drug-likeness (QED) is 0.353. The molecule has 0 unspecified atom stereocenters. The molecule has 56 valence electrons. The van der Waals surface area contributed by atoms with Crippen molar-refractivity contribution in [3.05, 3.63) is 0 Å². The molecule has 1 aliphatic rings. The molecule has 0 N–H and O–H groups in total. The second-order valence-electron chi connectivity index (χ2n) is 2.36. The fourth-order valence-electron chi connectivity index (χ4n) is 0.689. The summed E-state index contributed by atoms with van der Waals surface area (Å²) in [5, 5.41) is 0. The zero-order valence-electron chi connectivity index (χ0n) is 5.30. The van der Waals surface area contributed by atoms with Crippen LogP contribution in [0.5, 0.6) is 0 Å². The van der Waals surface area contributed by atoms with Gasteiger partial charge in [-0.05, 0) is 18.8 Å². The predicted octanol–water partition coefficient (Wildman–Crippen LogP) is 1.69. The topological polar surface area (TPSA) is 43.4 Å². The molecule has 3 nitrogen and oxygen atoms in total. The van der Waals surface area contributed by atoms with Crippen molar-refractivity contribution < 1.29 is 14.3 Å². The van der Waals surface area contributed by atoms with E-state index in [-0.39, 0.29) is 0 Å². The smallest absolute Gasteiger partial charge is 0.381 e. The molecule has 1 saturated carbocycles. The summed E-state index contributed by atoms with van der Waals surface area (Å²) in [5.74, 6) is -0.0778. The fourth-order valence-corrected chi connectivity index (χ4v) is 0.775. The van der Waals surface area contributed by atoms with Gasteiger partial charge in [0.15, 0.2) is 0 Å². The van der Waals surface area contributed by atoms with Crippen molar-refractivity contribution >= 4 is 23.0 Å². The third-order valence-electron chi connectivity index (χ3n) is 1.35. The van der Waals surface area contributed by atoms with Gasteiger partial charge in [-0.3, -0.25) is 4.79 Å². The molecule has 10 heavy (non-hydrogen) atoms. The number of hydrogen-bond acceptors (Lipinski definition) is 3. The van der Waals surface area contributed by atoms with Gasteiger partial charge in [-0.15, -0.1) is 0 Å². The maximum absolute atomic E-state index is 10.6. The molecule has 0 bridgehead atoms. The van der Waals surface area contributed by atoms with Crippen molar-refractivity contribution in [2.24, 2.45) is 5.92 Å². The normalized spacial score (nSPS) is 16.5. The molecule has 0 aromatic carbocycles. The van der Waals surface area contributed by atoms with Gasteiger partial charge in [-0.2, -0.15) is 0 Å². The van der Waals surface area contributed by atoms with Crippen LogP contribution in [0.4, 0.5) is 4.79 Å². The second kappa shape index (κ2) is 3.01. The van der Waals surface area contributed by atoms with E-state index in [4.69, 9.17) is 11.6 Å². The molecule has 0 heterocycles. The number of ether oxygens (including phenoxy) is 1. The van der Waals surface area contributed by atoms with Crippen LogP contribution in [-0.4, -0.2) is 11.4 Å². The van der Waals surface area contributed by atoms with Gasteiger partial charge in [0.1, 0.15) is 0 Å². The van der Waals surface area contributed by atoms with E-state index in [2.05, 4.69) is 4.74 Å². The number of rotatable bonds is 2. The number of hydrogen-bond donors (Lipinski definition) is 0. The minimum atomic E-state index is -1.04. The Morgan fingerprint density at radius 3 is 2.50 bits per heavy atom. The van der Waals surface area contributed by atoms with Crippen LogP contribution >= 0.6 is 11.6 Å². The fraction of sp³-hybridized carbons (Fsp3) is 0.667. The van der Waals surface area contributed by atoms with Crippen molar-refractivity contribution in [3.8, 4) is 0 Å². The summed E-state index contributed by atoms with van der Waals surface area (Å²) in [6, 6.07) is 0. The summed E-state index contributed by atoms with van der Waals surface area (Å²) in [7, 11) is 0. The maximum Gasteiger partial charge on any atom is 0.411 e. The van der Waals surface area contributed by atoms with Gasteiger partial charge in [-0.25, -0.2) is 4.79 Å². The average Bonchev–Trinajstić information content (AvgIpc) is 2.46. The van der Waals surface area contributed by atoms with Crippen LogP contribution in [0.15, 0.2) is 0 Å². The molecule has 0 saturated heterocycles. The first-order chi connectivity index (χ1) is 4.68. The Kier molecular flexibility index (Phi) is 2.27. The molecular weight excluding hydrogens is 156 g/mol. The van der Waals surface area contributed by atoms with Gasteiger partial charge < -0.3 is 4.74 Å². The average molecular weight is 163 g/mol. The Bertz CT molecular complexity index is 162. The Morgan fingerprint density at radius 2 is 2.10 bits per heavy atom. The van der Waals surface area contributed by atoms with Crippen LogP contribution in [-0.2, 0) is 9.53 Å². The number of carbonyl (C=O) groups is 2. The van der Waals surface area contributed by atoms with E-state index < -0.39 is 11.4 Å². The summed E-state index contributed by atoms with van der Waals surface area (Å²) in [5.41, 5.74) is -1.04. The Balaban J connectivity index is 2.14. The third-order valence-corrected chi connectivity index (χ3v) is 1.42. The molecule has 0 aromatic rings. The lowest BCUT2D eigenvalue weighted by Gasteiger charge is -1.94. The van der Waals surface area contributed by atoms with E-state index in [0.717, 1.165) is 12.8 Å². The van der Waals surface area contributed by atoms with E-state index >= 15 is 0 Å². The lowest BCUT2D eigenvalue weighted by Crippen LogP contribution is -2.06. The van der Waals surface area contributed by atoms with E-state index in [1.165, 1.54) is 0 Å². The summed E-state index contributed by atoms with van der Waals surface area (Å²) in [6.45, 7) is 0. The summed E-state index contributed by atoms with van der Waals surface area (Å²) >= 11 is 4.79. The van der Waals surface area contributed by atoms with Gasteiger partial charge in [-0.1, -0.05) is 0 Å². The number of carbonyl (C=O) groups excluding carboxylic acids is 2. The van der Waals surface area contributed by atoms with Gasteiger partial charge in [0.25, 0.3) is 0 Å². The van der Waals surface area contributed by atoms with Crippen LogP contribution in [0.3, 0.4) is 0 Å². The molecule has 1 aliphatic carbocycles. The molecule has 0 amide bonds. The first-order valence-corrected chi connectivity index (χ1v) is 3.46. The predicted molar refractivity (Wildman–Crippen MR) is 34.7 cm³/mol. The molecule has 0 aromatic heterocycles. The highest BCUT2D eigenvalue weighted by Crippen LogP contribution is 2.32. The van der Waals surface area contributed by atoms with Gasteiger partial charge in [0, 0.05) is 18.0 Å². The lowest BCUT2D eigenvalue weighted by atomic mass is 10.3. The van der Waals surface area contributed by atoms with E-state index in [0.29, 0.717) is 12.3 Å². The van der Waals surface area contributed by atoms with Gasteiger partial charge >= 0.3 is 11.4 Å². The van der Waals surface area contributed by atoms with Crippen LogP contribution < -0.4 is 0 Å². The summed E-state index contributed by atoms with van der Waals surface area (Å²) in [4.78, 5) is 20.6. The molecule has 0 aliphatic heterocycles. The first-order valence-electron chi connectivity index (χ1n) is 3.08. The Labute approximate surface area is 63.3 Å². The van der Waals surface area contributed by atoms with Crippen molar-refractivity contribution in [2.75, 3.05) is 0 Å². The van der Waals surface area contributed by atoms with Crippen LogP contribution in [0.1, 0.15) is 19.3 Å². The molecule has 4 heteroatoms. The largest absolute Gasteiger partial charge is 0.411 e. The first kappa shape index (κ1) is 7.54. The molecule has 0 spiro atoms. The number of esters is 1. The molecule has 1 fully saturated rings. The lowest BCUT2D eigenvalue weighted by molar-refractivity contribution is -0.136. The number of halogens is 1. The summed E-state index contributed by atoms with van der Waals surface area (Å²) in [6.07, 6.45) is 2.45. The minimum absolute atomic E-state index is 0.332. The maximum atomic E-state index is 10.6. The standard InChI is InChI=1S/C6H7ClO3/c7-6(9)10-5(8)3-4-1-2-4/h4H,1-3H2. The minimum Gasteiger partial charge on any atom is -0.381 e. The van der Waals surface area contributed by atoms with Crippen molar-refractivity contribution in [1.29, 1.82) is 0 Å². The van der Waals surface area contributed by atoms with Crippen LogP contribution in [0, 0.1) is 5.92 Å².